The Morgan fingerprint density at radius 2 is 0.821 bits per heavy atom. The molecule has 8 nitrogen and oxygen atoms in total. The molecule has 0 spiro atoms. The second-order valence-corrected chi connectivity index (χ2v) is 22.5. The lowest BCUT2D eigenvalue weighted by Crippen LogP contribution is -2.45. The van der Waals surface area contributed by atoms with Crippen molar-refractivity contribution < 1.29 is 32.9 Å². The van der Waals surface area contributed by atoms with E-state index in [0.717, 1.165) is 44.9 Å². The molecule has 3 unspecified atom stereocenters. The molecule has 0 saturated carbocycles. The molecule has 0 heterocycles. The first-order chi connectivity index (χ1) is 32.5. The SMILES string of the molecule is CCCCCCCCCCCCCCCCCCCCCCCC/C=C/CC/C=C/CC/C=C/C(O)C(COP(=O)(O)OCC[N+](C)(C)C)NC(=O)CCCCCCCCCCCCCCC. The fourth-order valence-corrected chi connectivity index (χ4v) is 9.28. The van der Waals surface area contributed by atoms with Gasteiger partial charge in [0.15, 0.2) is 0 Å². The molecule has 3 N–H and O–H groups in total. The Bertz CT molecular complexity index is 1190. The number of carbonyl (C=O) groups excluding carboxylic acids is 1. The van der Waals surface area contributed by atoms with E-state index >= 15 is 0 Å². The van der Waals surface area contributed by atoms with Gasteiger partial charge in [0.25, 0.3) is 0 Å². The number of rotatable bonds is 53. The number of unbranched alkanes of at least 4 members (excludes halogenated alkanes) is 36. The van der Waals surface area contributed by atoms with Gasteiger partial charge < -0.3 is 19.8 Å². The highest BCUT2D eigenvalue weighted by molar-refractivity contribution is 7.47. The summed E-state index contributed by atoms with van der Waals surface area (Å²) >= 11 is 0. The van der Waals surface area contributed by atoms with Gasteiger partial charge in [-0.3, -0.25) is 13.8 Å². The van der Waals surface area contributed by atoms with Gasteiger partial charge in [0, 0.05) is 6.42 Å². The molecule has 3 atom stereocenters. The number of hydrogen-bond acceptors (Lipinski definition) is 5. The van der Waals surface area contributed by atoms with Gasteiger partial charge in [0.05, 0.1) is 39.9 Å². The molecule has 0 aliphatic rings. The van der Waals surface area contributed by atoms with E-state index in [4.69, 9.17) is 9.05 Å². The lowest BCUT2D eigenvalue weighted by Gasteiger charge is -2.25. The molecule has 0 fully saturated rings. The number of phosphoric ester groups is 1. The molecule has 9 heteroatoms. The monoisotopic (exact) mass is 966 g/mol. The summed E-state index contributed by atoms with van der Waals surface area (Å²) in [5.41, 5.74) is 0. The first-order valence-electron chi connectivity index (χ1n) is 28.9. The first-order valence-corrected chi connectivity index (χ1v) is 30.4. The highest BCUT2D eigenvalue weighted by atomic mass is 31.2. The van der Waals surface area contributed by atoms with Crippen molar-refractivity contribution in [1.82, 2.24) is 5.32 Å². The zero-order valence-corrected chi connectivity index (χ0v) is 46.0. The van der Waals surface area contributed by atoms with Crippen molar-refractivity contribution in [3.8, 4) is 0 Å². The predicted molar refractivity (Wildman–Crippen MR) is 291 cm³/mol. The summed E-state index contributed by atoms with van der Waals surface area (Å²) in [5, 5.41) is 13.9. The Kier molecular flexibility index (Phi) is 48.7. The summed E-state index contributed by atoms with van der Waals surface area (Å²) in [6.45, 7) is 4.81. The Balaban J connectivity index is 4.14. The van der Waals surface area contributed by atoms with E-state index in [2.05, 4.69) is 43.5 Å². The highest BCUT2D eigenvalue weighted by Gasteiger charge is 2.27. The molecule has 0 bridgehead atoms. The minimum Gasteiger partial charge on any atom is -0.387 e. The van der Waals surface area contributed by atoms with Crippen LogP contribution in [0.1, 0.15) is 277 Å². The van der Waals surface area contributed by atoms with Gasteiger partial charge >= 0.3 is 7.82 Å². The van der Waals surface area contributed by atoms with Crippen molar-refractivity contribution >= 4 is 13.7 Å². The smallest absolute Gasteiger partial charge is 0.387 e. The van der Waals surface area contributed by atoms with Gasteiger partial charge in [-0.2, -0.15) is 0 Å². The minimum absolute atomic E-state index is 0.0549. The third kappa shape index (κ3) is 52.4. The zero-order valence-electron chi connectivity index (χ0n) is 45.2. The summed E-state index contributed by atoms with van der Waals surface area (Å²) in [6, 6.07) is -0.867. The van der Waals surface area contributed by atoms with E-state index in [-0.39, 0.29) is 19.1 Å². The molecule has 0 aromatic heterocycles. The molecule has 0 aliphatic carbocycles. The maximum absolute atomic E-state index is 12.9. The number of likely N-dealkylation sites (N-methyl/N-ethyl adjacent to an activating group) is 1. The van der Waals surface area contributed by atoms with Gasteiger partial charge in [-0.15, -0.1) is 0 Å². The number of aliphatic hydroxyl groups excluding tert-OH is 1. The number of amides is 1. The molecular weight excluding hydrogens is 852 g/mol. The van der Waals surface area contributed by atoms with Crippen molar-refractivity contribution in [2.75, 3.05) is 40.9 Å². The first kappa shape index (κ1) is 65.7. The maximum atomic E-state index is 12.9. The van der Waals surface area contributed by atoms with Gasteiger partial charge in [-0.05, 0) is 44.9 Å². The van der Waals surface area contributed by atoms with E-state index in [9.17, 15) is 19.4 Å². The van der Waals surface area contributed by atoms with Crippen molar-refractivity contribution in [2.45, 2.75) is 289 Å². The largest absolute Gasteiger partial charge is 0.472 e. The van der Waals surface area contributed by atoms with Crippen LogP contribution in [-0.2, 0) is 18.4 Å². The van der Waals surface area contributed by atoms with Crippen LogP contribution in [0.2, 0.25) is 0 Å². The van der Waals surface area contributed by atoms with Gasteiger partial charge in [-0.1, -0.05) is 262 Å². The van der Waals surface area contributed by atoms with Crippen molar-refractivity contribution in [2.24, 2.45) is 0 Å². The molecule has 0 radical (unpaired) electrons. The van der Waals surface area contributed by atoms with Gasteiger partial charge in [0.1, 0.15) is 13.2 Å². The number of nitrogens with zero attached hydrogens (tertiary/aromatic N) is 1. The lowest BCUT2D eigenvalue weighted by atomic mass is 10.0. The van der Waals surface area contributed by atoms with Crippen molar-refractivity contribution in [3.63, 3.8) is 0 Å². The number of nitrogens with one attached hydrogen (secondary N) is 1. The van der Waals surface area contributed by atoms with Crippen LogP contribution in [0, 0.1) is 0 Å². The molecule has 0 aromatic rings. The lowest BCUT2D eigenvalue weighted by molar-refractivity contribution is -0.870. The fourth-order valence-electron chi connectivity index (χ4n) is 8.55. The van der Waals surface area contributed by atoms with Crippen LogP contribution in [-0.4, -0.2) is 73.4 Å². The Labute approximate surface area is 417 Å². The third-order valence-electron chi connectivity index (χ3n) is 13.1. The standard InChI is InChI=1S/C58H113N2O6P/c1-6-8-10-12-14-16-18-20-21-22-23-24-25-26-27-28-29-30-31-32-33-34-35-36-37-38-40-41-43-45-47-49-51-57(61)56(55-66-67(63,64)65-54-53-60(3,4)5)59-58(62)52-50-48-46-44-42-39-19-17-15-13-11-9-7-2/h36-37,41,43,49,51,56-57,61H,6-35,38-40,42,44-48,50,52-55H2,1-5H3,(H-,59,62,63,64)/p+1/b37-36+,43-41+,51-49+. The van der Waals surface area contributed by atoms with Gasteiger partial charge in [0.2, 0.25) is 5.91 Å². The van der Waals surface area contributed by atoms with Gasteiger partial charge in [-0.25, -0.2) is 4.57 Å². The maximum Gasteiger partial charge on any atom is 0.472 e. The van der Waals surface area contributed by atoms with E-state index in [1.165, 1.54) is 212 Å². The van der Waals surface area contributed by atoms with Crippen LogP contribution < -0.4 is 5.32 Å². The molecule has 1 amide bonds. The summed E-state index contributed by atoms with van der Waals surface area (Å²) in [5.74, 6) is -0.189. The Morgan fingerprint density at radius 1 is 0.493 bits per heavy atom. The average Bonchev–Trinajstić information content (AvgIpc) is 3.29. The number of allylic oxidation sites excluding steroid dienone is 5. The average molecular weight is 967 g/mol. The Hall–Kier alpha value is -1.28. The summed E-state index contributed by atoms with van der Waals surface area (Å²) in [7, 11) is 1.55. The zero-order chi connectivity index (χ0) is 49.2. The second kappa shape index (κ2) is 49.7. The fraction of sp³-hybridized carbons (Fsp3) is 0.879. The highest BCUT2D eigenvalue weighted by Crippen LogP contribution is 2.43. The number of phosphoric acid groups is 1. The number of quaternary nitrogens is 1. The van der Waals surface area contributed by atoms with Crippen LogP contribution in [0.3, 0.4) is 0 Å². The Morgan fingerprint density at radius 3 is 1.19 bits per heavy atom. The van der Waals surface area contributed by atoms with Crippen LogP contribution in [0.5, 0.6) is 0 Å². The van der Waals surface area contributed by atoms with E-state index < -0.39 is 20.0 Å². The molecule has 67 heavy (non-hydrogen) atoms. The second-order valence-electron chi connectivity index (χ2n) is 21.0. The molecule has 0 rings (SSSR count). The van der Waals surface area contributed by atoms with Crippen molar-refractivity contribution in [1.29, 1.82) is 0 Å². The molecule has 396 valence electrons. The quantitative estimate of drug-likeness (QED) is 0.0243. The third-order valence-corrected chi connectivity index (χ3v) is 14.1. The van der Waals surface area contributed by atoms with E-state index in [1.807, 2.05) is 27.2 Å². The number of carbonyl (C=O) groups is 1. The van der Waals surface area contributed by atoms with Crippen LogP contribution in [0.25, 0.3) is 0 Å². The van der Waals surface area contributed by atoms with Crippen LogP contribution in [0.4, 0.5) is 0 Å². The molecule has 0 saturated heterocycles. The molecule has 0 aliphatic heterocycles. The summed E-state index contributed by atoms with van der Waals surface area (Å²) < 4.78 is 23.6. The van der Waals surface area contributed by atoms with E-state index in [0.29, 0.717) is 17.4 Å². The summed E-state index contributed by atoms with van der Waals surface area (Å²) in [6.07, 6.45) is 64.1. The topological polar surface area (TPSA) is 105 Å². The van der Waals surface area contributed by atoms with Crippen molar-refractivity contribution in [3.05, 3.63) is 36.5 Å². The van der Waals surface area contributed by atoms with Crippen LogP contribution >= 0.6 is 7.82 Å². The summed E-state index contributed by atoms with van der Waals surface area (Å²) in [4.78, 5) is 23.2. The number of hydrogen-bond donors (Lipinski definition) is 3. The van der Waals surface area contributed by atoms with E-state index in [1.54, 1.807) is 6.08 Å². The normalized spacial score (nSPS) is 14.2. The van der Waals surface area contributed by atoms with Crippen LogP contribution in [0.15, 0.2) is 36.5 Å². The molecular formula is C58H114N2O6P+. The molecule has 0 aromatic carbocycles. The number of aliphatic hydroxyl groups is 1. The predicted octanol–water partition coefficient (Wildman–Crippen LogP) is 17.4. The minimum atomic E-state index is -4.35.